The number of nitrogens with zero attached hydrogens (tertiary/aromatic N) is 3. The van der Waals surface area contributed by atoms with Crippen LogP contribution in [0.15, 0.2) is 78.9 Å². The summed E-state index contributed by atoms with van der Waals surface area (Å²) in [5, 5.41) is 13.9. The van der Waals surface area contributed by atoms with E-state index in [1.807, 2.05) is 66.4 Å². The lowest BCUT2D eigenvalue weighted by Crippen LogP contribution is -2.45. The van der Waals surface area contributed by atoms with Crippen molar-refractivity contribution in [2.24, 2.45) is 0 Å². The van der Waals surface area contributed by atoms with Crippen LogP contribution in [0.25, 0.3) is 0 Å². The second-order valence-electron chi connectivity index (χ2n) is 8.86. The van der Waals surface area contributed by atoms with Crippen molar-refractivity contribution in [3.8, 4) is 0 Å². The molecule has 1 aliphatic rings. The van der Waals surface area contributed by atoms with Crippen molar-refractivity contribution in [2.75, 3.05) is 24.5 Å². The van der Waals surface area contributed by atoms with Crippen molar-refractivity contribution < 1.29 is 14.5 Å². The first kappa shape index (κ1) is 24.9. The van der Waals surface area contributed by atoms with E-state index in [0.29, 0.717) is 37.3 Å². The van der Waals surface area contributed by atoms with Crippen LogP contribution in [-0.2, 0) is 6.54 Å². The molecular weight excluding hydrogens is 456 g/mol. The lowest BCUT2D eigenvalue weighted by Gasteiger charge is -2.35. The summed E-state index contributed by atoms with van der Waals surface area (Å²) in [7, 11) is 0. The summed E-state index contributed by atoms with van der Waals surface area (Å²) in [6.07, 6.45) is 1.48. The summed E-state index contributed by atoms with van der Waals surface area (Å²) in [5.74, 6) is -0.232. The van der Waals surface area contributed by atoms with E-state index in [9.17, 15) is 19.7 Å². The fourth-order valence-corrected chi connectivity index (χ4v) is 4.50. The summed E-state index contributed by atoms with van der Waals surface area (Å²) < 4.78 is 0. The number of nitro groups is 1. The molecule has 3 aromatic carbocycles. The standard InChI is InChI=1S/C28H30N4O4/c1-2-30(20-21-8-4-3-5-9-21)28(34)25-10-6-7-11-26(25)31-18-16-23(17-19-31)29-27(33)22-12-14-24(15-13-22)32(35)36/h3-15,23H,2,16-20H2,1H3,(H,29,33). The van der Waals surface area contributed by atoms with Crippen LogP contribution in [0.4, 0.5) is 11.4 Å². The number of carbonyl (C=O) groups is 2. The monoisotopic (exact) mass is 486 g/mol. The molecule has 0 aromatic heterocycles. The van der Waals surface area contributed by atoms with E-state index in [1.165, 1.54) is 24.3 Å². The smallest absolute Gasteiger partial charge is 0.269 e. The number of amides is 2. The predicted octanol–water partition coefficient (Wildman–Crippen LogP) is 4.66. The minimum atomic E-state index is -0.485. The fourth-order valence-electron chi connectivity index (χ4n) is 4.50. The van der Waals surface area contributed by atoms with E-state index in [0.717, 1.165) is 24.1 Å². The fraction of sp³-hybridized carbons (Fsp3) is 0.286. The first-order chi connectivity index (χ1) is 17.5. The first-order valence-electron chi connectivity index (χ1n) is 12.2. The zero-order chi connectivity index (χ0) is 25.5. The molecule has 0 radical (unpaired) electrons. The third-order valence-corrected chi connectivity index (χ3v) is 6.53. The van der Waals surface area contributed by atoms with Gasteiger partial charge in [0.1, 0.15) is 0 Å². The lowest BCUT2D eigenvalue weighted by molar-refractivity contribution is -0.384. The van der Waals surface area contributed by atoms with Gasteiger partial charge in [-0.1, -0.05) is 42.5 Å². The van der Waals surface area contributed by atoms with E-state index in [-0.39, 0.29) is 23.5 Å². The molecule has 186 valence electrons. The van der Waals surface area contributed by atoms with Crippen molar-refractivity contribution in [3.63, 3.8) is 0 Å². The minimum absolute atomic E-state index is 0.00275. The molecule has 8 heteroatoms. The van der Waals surface area contributed by atoms with Gasteiger partial charge in [-0.3, -0.25) is 19.7 Å². The Balaban J connectivity index is 1.39. The van der Waals surface area contributed by atoms with Gasteiger partial charge in [-0.15, -0.1) is 0 Å². The number of nitro benzene ring substituents is 1. The van der Waals surface area contributed by atoms with E-state index in [4.69, 9.17) is 0 Å². The van der Waals surface area contributed by atoms with Gasteiger partial charge in [0.2, 0.25) is 0 Å². The Morgan fingerprint density at radius 3 is 2.25 bits per heavy atom. The molecule has 0 atom stereocenters. The summed E-state index contributed by atoms with van der Waals surface area (Å²) in [5.41, 5.74) is 3.04. The average Bonchev–Trinajstić information content (AvgIpc) is 2.92. The second-order valence-corrected chi connectivity index (χ2v) is 8.86. The highest BCUT2D eigenvalue weighted by atomic mass is 16.6. The molecule has 1 fully saturated rings. The largest absolute Gasteiger partial charge is 0.371 e. The van der Waals surface area contributed by atoms with Crippen molar-refractivity contribution in [1.82, 2.24) is 10.2 Å². The second kappa shape index (κ2) is 11.5. The highest BCUT2D eigenvalue weighted by molar-refractivity contribution is 6.00. The zero-order valence-electron chi connectivity index (χ0n) is 20.3. The van der Waals surface area contributed by atoms with Gasteiger partial charge in [0.15, 0.2) is 0 Å². The van der Waals surface area contributed by atoms with Gasteiger partial charge >= 0.3 is 0 Å². The Labute approximate surface area is 210 Å². The van der Waals surface area contributed by atoms with Crippen LogP contribution in [0.5, 0.6) is 0 Å². The third-order valence-electron chi connectivity index (χ3n) is 6.53. The number of para-hydroxylation sites is 1. The maximum Gasteiger partial charge on any atom is 0.269 e. The average molecular weight is 487 g/mol. The summed E-state index contributed by atoms with van der Waals surface area (Å²) >= 11 is 0. The minimum Gasteiger partial charge on any atom is -0.371 e. The molecule has 1 aliphatic heterocycles. The Kier molecular flexibility index (Phi) is 7.95. The number of hydrogen-bond donors (Lipinski definition) is 1. The number of non-ortho nitro benzene ring substituents is 1. The number of nitrogens with one attached hydrogen (secondary N) is 1. The van der Waals surface area contributed by atoms with Gasteiger partial charge in [0.05, 0.1) is 10.5 Å². The van der Waals surface area contributed by atoms with Crippen LogP contribution in [0.1, 0.15) is 46.0 Å². The van der Waals surface area contributed by atoms with E-state index >= 15 is 0 Å². The van der Waals surface area contributed by atoms with Gasteiger partial charge in [-0.25, -0.2) is 0 Å². The number of benzene rings is 3. The Morgan fingerprint density at radius 2 is 1.61 bits per heavy atom. The molecule has 0 saturated carbocycles. The number of piperidine rings is 1. The van der Waals surface area contributed by atoms with Gasteiger partial charge in [0, 0.05) is 55.6 Å². The van der Waals surface area contributed by atoms with Gasteiger partial charge in [-0.05, 0) is 49.6 Å². The topological polar surface area (TPSA) is 95.8 Å². The summed E-state index contributed by atoms with van der Waals surface area (Å²) in [4.78, 5) is 40.5. The van der Waals surface area contributed by atoms with Crippen LogP contribution < -0.4 is 10.2 Å². The maximum atomic E-state index is 13.5. The molecule has 1 heterocycles. The Morgan fingerprint density at radius 1 is 0.972 bits per heavy atom. The molecule has 3 aromatic rings. The summed E-state index contributed by atoms with van der Waals surface area (Å²) in [6.45, 7) is 4.57. The summed E-state index contributed by atoms with van der Waals surface area (Å²) in [6, 6.07) is 23.3. The van der Waals surface area contributed by atoms with Crippen LogP contribution in [0.3, 0.4) is 0 Å². The van der Waals surface area contributed by atoms with Crippen LogP contribution in [0, 0.1) is 10.1 Å². The SMILES string of the molecule is CCN(Cc1ccccc1)C(=O)c1ccccc1N1CCC(NC(=O)c2ccc([N+](=O)[O-])cc2)CC1. The predicted molar refractivity (Wildman–Crippen MR) is 139 cm³/mol. The third kappa shape index (κ3) is 5.89. The van der Waals surface area contributed by atoms with Crippen molar-refractivity contribution in [2.45, 2.75) is 32.4 Å². The van der Waals surface area contributed by atoms with Crippen molar-refractivity contribution in [1.29, 1.82) is 0 Å². The van der Waals surface area contributed by atoms with Crippen LogP contribution >= 0.6 is 0 Å². The zero-order valence-corrected chi connectivity index (χ0v) is 20.3. The molecule has 36 heavy (non-hydrogen) atoms. The molecule has 0 aliphatic carbocycles. The molecule has 1 saturated heterocycles. The Bertz CT molecular complexity index is 1210. The van der Waals surface area contributed by atoms with Gasteiger partial charge in [-0.2, -0.15) is 0 Å². The lowest BCUT2D eigenvalue weighted by atomic mass is 10.0. The molecule has 0 bridgehead atoms. The number of rotatable bonds is 8. The molecule has 4 rings (SSSR count). The van der Waals surface area contributed by atoms with Gasteiger partial charge < -0.3 is 15.1 Å². The molecule has 0 spiro atoms. The van der Waals surface area contributed by atoms with E-state index < -0.39 is 4.92 Å². The number of hydrogen-bond acceptors (Lipinski definition) is 5. The molecule has 8 nitrogen and oxygen atoms in total. The number of anilines is 1. The van der Waals surface area contributed by atoms with E-state index in [1.54, 1.807) is 0 Å². The molecular formula is C28H30N4O4. The van der Waals surface area contributed by atoms with Crippen LogP contribution in [-0.4, -0.2) is 47.3 Å². The normalized spacial score (nSPS) is 13.8. The maximum absolute atomic E-state index is 13.5. The molecule has 0 unspecified atom stereocenters. The van der Waals surface area contributed by atoms with Crippen LogP contribution in [0.2, 0.25) is 0 Å². The quantitative estimate of drug-likeness (QED) is 0.369. The number of carbonyl (C=O) groups excluding carboxylic acids is 2. The van der Waals surface area contributed by atoms with Crippen molar-refractivity contribution in [3.05, 3.63) is 106 Å². The van der Waals surface area contributed by atoms with E-state index in [2.05, 4.69) is 10.2 Å². The molecule has 2 amide bonds. The van der Waals surface area contributed by atoms with Crippen molar-refractivity contribution >= 4 is 23.2 Å². The van der Waals surface area contributed by atoms with Gasteiger partial charge in [0.25, 0.3) is 17.5 Å². The highest BCUT2D eigenvalue weighted by Gasteiger charge is 2.25. The first-order valence-corrected chi connectivity index (χ1v) is 12.2. The highest BCUT2D eigenvalue weighted by Crippen LogP contribution is 2.26. The Hall–Kier alpha value is -4.20. The molecule has 1 N–H and O–H groups in total.